The molecule has 0 saturated heterocycles. The van der Waals surface area contributed by atoms with E-state index in [0.717, 1.165) is 17.1 Å². The van der Waals surface area contributed by atoms with Gasteiger partial charge in [0.2, 0.25) is 0 Å². The van der Waals surface area contributed by atoms with E-state index in [1.807, 2.05) is 24.3 Å². The number of hydrogen-bond acceptors (Lipinski definition) is 2. The molecule has 21 heavy (non-hydrogen) atoms. The van der Waals surface area contributed by atoms with E-state index in [0.29, 0.717) is 12.5 Å². The molecule has 2 aromatic carbocycles. The number of halogens is 1. The van der Waals surface area contributed by atoms with Gasteiger partial charge in [-0.1, -0.05) is 60.1 Å². The normalized spacial score (nSPS) is 14.1. The van der Waals surface area contributed by atoms with Crippen LogP contribution in [0.5, 0.6) is 0 Å². The van der Waals surface area contributed by atoms with E-state index in [9.17, 15) is 0 Å². The minimum atomic E-state index is 0.261. The Morgan fingerprint density at radius 1 is 1.05 bits per heavy atom. The maximum atomic E-state index is 6.30. The van der Waals surface area contributed by atoms with Crippen LogP contribution in [0.15, 0.2) is 54.6 Å². The molecule has 0 spiro atoms. The Bertz CT molecular complexity index is 556. The third-order valence-electron chi connectivity index (χ3n) is 4.08. The lowest BCUT2D eigenvalue weighted by atomic mass is 9.97. The molecule has 0 fully saturated rings. The van der Waals surface area contributed by atoms with Crippen molar-refractivity contribution in [2.24, 2.45) is 5.73 Å². The molecule has 0 aliphatic carbocycles. The van der Waals surface area contributed by atoms with Gasteiger partial charge in [-0.05, 0) is 31.2 Å². The van der Waals surface area contributed by atoms with Crippen LogP contribution in [0.2, 0.25) is 5.02 Å². The Labute approximate surface area is 132 Å². The first kappa shape index (κ1) is 16.0. The van der Waals surface area contributed by atoms with Crippen LogP contribution in [0, 0.1) is 0 Å². The summed E-state index contributed by atoms with van der Waals surface area (Å²) in [7, 11) is 2.12. The van der Waals surface area contributed by atoms with E-state index in [4.69, 9.17) is 17.3 Å². The van der Waals surface area contributed by atoms with Crippen LogP contribution < -0.4 is 5.73 Å². The van der Waals surface area contributed by atoms with Gasteiger partial charge in [-0.15, -0.1) is 0 Å². The predicted octanol–water partition coefficient (Wildman–Crippen LogP) is 4.08. The average molecular weight is 303 g/mol. The highest BCUT2D eigenvalue weighted by molar-refractivity contribution is 6.31. The minimum Gasteiger partial charge on any atom is -0.330 e. The molecule has 3 heteroatoms. The molecule has 2 unspecified atom stereocenters. The maximum absolute atomic E-state index is 6.30. The number of hydrogen-bond donors (Lipinski definition) is 1. The Hall–Kier alpha value is -1.35. The zero-order chi connectivity index (χ0) is 15.2. The van der Waals surface area contributed by atoms with Gasteiger partial charge in [0.05, 0.1) is 0 Å². The molecule has 2 rings (SSSR count). The van der Waals surface area contributed by atoms with Crippen LogP contribution >= 0.6 is 11.6 Å². The number of benzene rings is 2. The molecule has 0 aliphatic rings. The van der Waals surface area contributed by atoms with Crippen LogP contribution in [0.3, 0.4) is 0 Å². The van der Waals surface area contributed by atoms with Crippen molar-refractivity contribution < 1.29 is 0 Å². The molecule has 0 saturated carbocycles. The fourth-order valence-electron chi connectivity index (χ4n) is 2.60. The second-order valence-corrected chi connectivity index (χ2v) is 5.89. The number of nitrogens with zero attached hydrogens (tertiary/aromatic N) is 1. The third kappa shape index (κ3) is 4.07. The lowest BCUT2D eigenvalue weighted by Crippen LogP contribution is -2.31. The Morgan fingerprint density at radius 3 is 2.29 bits per heavy atom. The highest BCUT2D eigenvalue weighted by atomic mass is 35.5. The number of rotatable bonds is 6. The highest BCUT2D eigenvalue weighted by Crippen LogP contribution is 2.27. The van der Waals surface area contributed by atoms with E-state index in [2.05, 4.69) is 49.2 Å². The Balaban J connectivity index is 2.09. The van der Waals surface area contributed by atoms with E-state index >= 15 is 0 Å². The fourth-order valence-corrected chi connectivity index (χ4v) is 2.89. The third-order valence-corrected chi connectivity index (χ3v) is 4.42. The monoisotopic (exact) mass is 302 g/mol. The standard InChI is InChI=1S/C18H23ClN2/c1-14(17-10-6-7-11-18(17)19)21(2)13-16(12-20)15-8-4-3-5-9-15/h3-11,14,16H,12-13,20H2,1-2H3. The van der Waals surface area contributed by atoms with Gasteiger partial charge in [0, 0.05) is 30.1 Å². The summed E-state index contributed by atoms with van der Waals surface area (Å²) in [6, 6.07) is 18.7. The molecule has 0 heterocycles. The van der Waals surface area contributed by atoms with Crippen LogP contribution in [0.25, 0.3) is 0 Å². The van der Waals surface area contributed by atoms with Crippen molar-refractivity contribution >= 4 is 11.6 Å². The Kier molecular flexibility index (Phi) is 5.80. The SMILES string of the molecule is CC(c1ccccc1Cl)N(C)CC(CN)c1ccccc1. The van der Waals surface area contributed by atoms with E-state index in [-0.39, 0.29) is 6.04 Å². The van der Waals surface area contributed by atoms with Crippen molar-refractivity contribution in [1.29, 1.82) is 0 Å². The summed E-state index contributed by atoms with van der Waals surface area (Å²) in [6.07, 6.45) is 0. The first-order chi connectivity index (χ1) is 10.1. The van der Waals surface area contributed by atoms with Crippen molar-refractivity contribution in [3.8, 4) is 0 Å². The van der Waals surface area contributed by atoms with Crippen LogP contribution in [-0.2, 0) is 0 Å². The molecule has 0 aliphatic heterocycles. The maximum Gasteiger partial charge on any atom is 0.0453 e. The van der Waals surface area contributed by atoms with Gasteiger partial charge in [0.15, 0.2) is 0 Å². The summed E-state index contributed by atoms with van der Waals surface area (Å²) < 4.78 is 0. The average Bonchev–Trinajstić information content (AvgIpc) is 2.53. The van der Waals surface area contributed by atoms with E-state index < -0.39 is 0 Å². The summed E-state index contributed by atoms with van der Waals surface area (Å²) in [5.41, 5.74) is 8.42. The summed E-state index contributed by atoms with van der Waals surface area (Å²) in [4.78, 5) is 2.31. The number of nitrogens with two attached hydrogens (primary N) is 1. The van der Waals surface area contributed by atoms with E-state index in [1.165, 1.54) is 5.56 Å². The summed E-state index contributed by atoms with van der Waals surface area (Å²) in [6.45, 7) is 3.73. The molecule has 2 atom stereocenters. The van der Waals surface area contributed by atoms with Crippen LogP contribution in [0.4, 0.5) is 0 Å². The molecule has 2 aromatic rings. The quantitative estimate of drug-likeness (QED) is 0.871. The number of likely N-dealkylation sites (N-methyl/N-ethyl adjacent to an activating group) is 1. The second kappa shape index (κ2) is 7.60. The highest BCUT2D eigenvalue weighted by Gasteiger charge is 2.18. The molecule has 0 radical (unpaired) electrons. The first-order valence-electron chi connectivity index (χ1n) is 7.33. The van der Waals surface area contributed by atoms with Gasteiger partial charge >= 0.3 is 0 Å². The van der Waals surface area contributed by atoms with Crippen molar-refractivity contribution in [3.05, 3.63) is 70.7 Å². The molecular formula is C18H23ClN2. The molecule has 2 nitrogen and oxygen atoms in total. The summed E-state index contributed by atoms with van der Waals surface area (Å²) in [5, 5.41) is 0.820. The first-order valence-corrected chi connectivity index (χ1v) is 7.71. The van der Waals surface area contributed by atoms with Crippen molar-refractivity contribution in [1.82, 2.24) is 4.90 Å². The molecular weight excluding hydrogens is 280 g/mol. The molecule has 112 valence electrons. The fraction of sp³-hybridized carbons (Fsp3) is 0.333. The largest absolute Gasteiger partial charge is 0.330 e. The topological polar surface area (TPSA) is 29.3 Å². The predicted molar refractivity (Wildman–Crippen MR) is 90.7 cm³/mol. The zero-order valence-corrected chi connectivity index (χ0v) is 13.4. The van der Waals surface area contributed by atoms with Crippen LogP contribution in [0.1, 0.15) is 30.0 Å². The molecule has 0 aromatic heterocycles. The molecule has 0 bridgehead atoms. The molecule has 0 amide bonds. The van der Waals surface area contributed by atoms with Gasteiger partial charge in [-0.25, -0.2) is 0 Å². The smallest absolute Gasteiger partial charge is 0.0453 e. The Morgan fingerprint density at radius 2 is 1.67 bits per heavy atom. The second-order valence-electron chi connectivity index (χ2n) is 5.48. The van der Waals surface area contributed by atoms with E-state index in [1.54, 1.807) is 0 Å². The lowest BCUT2D eigenvalue weighted by molar-refractivity contribution is 0.246. The zero-order valence-electron chi connectivity index (χ0n) is 12.7. The summed E-state index contributed by atoms with van der Waals surface area (Å²) >= 11 is 6.30. The van der Waals surface area contributed by atoms with Crippen molar-refractivity contribution in [2.75, 3.05) is 20.1 Å². The summed E-state index contributed by atoms with van der Waals surface area (Å²) in [5.74, 6) is 0.334. The van der Waals surface area contributed by atoms with Crippen LogP contribution in [-0.4, -0.2) is 25.0 Å². The minimum absolute atomic E-state index is 0.261. The van der Waals surface area contributed by atoms with Gasteiger partial charge in [-0.2, -0.15) is 0 Å². The van der Waals surface area contributed by atoms with Crippen molar-refractivity contribution in [2.45, 2.75) is 18.9 Å². The van der Waals surface area contributed by atoms with Gasteiger partial charge in [0.1, 0.15) is 0 Å². The van der Waals surface area contributed by atoms with Gasteiger partial charge < -0.3 is 5.73 Å². The van der Waals surface area contributed by atoms with Gasteiger partial charge in [-0.3, -0.25) is 4.90 Å². The van der Waals surface area contributed by atoms with Crippen molar-refractivity contribution in [3.63, 3.8) is 0 Å². The van der Waals surface area contributed by atoms with Gasteiger partial charge in [0.25, 0.3) is 0 Å². The lowest BCUT2D eigenvalue weighted by Gasteiger charge is -2.29. The molecule has 2 N–H and O–H groups in total.